The Kier molecular flexibility index (Phi) is 3.36. The summed E-state index contributed by atoms with van der Waals surface area (Å²) in [5.41, 5.74) is 0.833. The van der Waals surface area contributed by atoms with Gasteiger partial charge in [-0.25, -0.2) is 0 Å². The molecule has 0 fully saturated rings. The van der Waals surface area contributed by atoms with Crippen LogP contribution in [0, 0.1) is 0 Å². The molecule has 0 spiro atoms. The Bertz CT molecular complexity index is 1330. The van der Waals surface area contributed by atoms with Gasteiger partial charge in [-0.15, -0.1) is 0 Å². The van der Waals surface area contributed by atoms with Crippen molar-refractivity contribution >= 4 is 27.7 Å². The van der Waals surface area contributed by atoms with Crippen molar-refractivity contribution in [1.82, 2.24) is 0 Å². The fraction of sp³-hybridized carbons (Fsp3) is 0.0952. The van der Waals surface area contributed by atoms with Gasteiger partial charge in [0, 0.05) is 23.3 Å². The van der Waals surface area contributed by atoms with Crippen molar-refractivity contribution in [2.24, 2.45) is 0 Å². The van der Waals surface area contributed by atoms with Crippen LogP contribution in [0.5, 0.6) is 34.5 Å². The molecule has 1 atom stereocenters. The van der Waals surface area contributed by atoms with Crippen LogP contribution in [0.25, 0.3) is 21.9 Å². The van der Waals surface area contributed by atoms with Crippen LogP contribution >= 0.6 is 0 Å². The number of ether oxygens (including phenoxy) is 1. The Hall–Kier alpha value is -4.07. The van der Waals surface area contributed by atoms with Crippen LogP contribution in [0.3, 0.4) is 0 Å². The summed E-state index contributed by atoms with van der Waals surface area (Å²) >= 11 is 0. The van der Waals surface area contributed by atoms with Gasteiger partial charge >= 0.3 is 0 Å². The number of phenolic OH excluding ortho intramolecular Hbond substituents is 5. The summed E-state index contributed by atoms with van der Waals surface area (Å²) in [6.45, 7) is 0. The van der Waals surface area contributed by atoms with E-state index in [9.17, 15) is 30.3 Å². The molecule has 1 unspecified atom stereocenters. The molecule has 0 amide bonds. The summed E-state index contributed by atoms with van der Waals surface area (Å²) in [4.78, 5) is 12.8. The van der Waals surface area contributed by atoms with Gasteiger partial charge in [0.05, 0.1) is 0 Å². The number of Topliss-reactive ketones (excluding diaryl/α,β-unsaturated/α-hetero) is 1. The molecule has 0 aliphatic carbocycles. The first-order chi connectivity index (χ1) is 13.8. The van der Waals surface area contributed by atoms with Gasteiger partial charge in [0.2, 0.25) is 5.78 Å². The number of furan rings is 1. The molecular weight excluding hydrogens is 380 g/mol. The summed E-state index contributed by atoms with van der Waals surface area (Å²) in [7, 11) is 0. The molecule has 5 rings (SSSR count). The largest absolute Gasteiger partial charge is 0.504 e. The molecule has 5 N–H and O–H groups in total. The van der Waals surface area contributed by atoms with Crippen LogP contribution in [-0.2, 0) is 6.42 Å². The number of hydrogen-bond donors (Lipinski definition) is 5. The summed E-state index contributed by atoms with van der Waals surface area (Å²) < 4.78 is 11.3. The van der Waals surface area contributed by atoms with E-state index in [1.807, 2.05) is 0 Å². The van der Waals surface area contributed by atoms with E-state index in [4.69, 9.17) is 9.15 Å². The standard InChI is InChI=1S/C21H14O8/c22-11-2-1-8(3-12(11)23)4-17-19(26)18-16(28-17)6-10-9-5-13(24)14(25)7-15(9)29-21(10)20(18)27/h1-3,5-7,17,22-25,27H,4H2. The molecular formula is C21H14O8. The van der Waals surface area contributed by atoms with Gasteiger partial charge in [0.25, 0.3) is 0 Å². The molecule has 0 saturated carbocycles. The lowest BCUT2D eigenvalue weighted by Gasteiger charge is -2.10. The Labute approximate surface area is 162 Å². The van der Waals surface area contributed by atoms with Crippen LogP contribution < -0.4 is 4.74 Å². The Balaban J connectivity index is 1.59. The lowest BCUT2D eigenvalue weighted by molar-refractivity contribution is 0.0856. The second-order valence-corrected chi connectivity index (χ2v) is 6.91. The van der Waals surface area contributed by atoms with E-state index in [1.165, 1.54) is 24.3 Å². The maximum absolute atomic E-state index is 12.8. The van der Waals surface area contributed by atoms with Crippen LogP contribution in [0.2, 0.25) is 0 Å². The smallest absolute Gasteiger partial charge is 0.211 e. The molecule has 1 aliphatic heterocycles. The van der Waals surface area contributed by atoms with Crippen LogP contribution in [0.1, 0.15) is 15.9 Å². The van der Waals surface area contributed by atoms with E-state index in [1.54, 1.807) is 12.1 Å². The summed E-state index contributed by atoms with van der Waals surface area (Å²) in [6, 6.07) is 8.27. The van der Waals surface area contributed by atoms with Crippen molar-refractivity contribution in [3.8, 4) is 34.5 Å². The van der Waals surface area contributed by atoms with Crippen molar-refractivity contribution in [3.05, 3.63) is 47.5 Å². The number of rotatable bonds is 2. The third-order valence-corrected chi connectivity index (χ3v) is 5.07. The Morgan fingerprint density at radius 2 is 1.55 bits per heavy atom. The highest BCUT2D eigenvalue weighted by Gasteiger charge is 2.37. The third kappa shape index (κ3) is 2.42. The van der Waals surface area contributed by atoms with Crippen LogP contribution in [0.15, 0.2) is 40.8 Å². The number of ketones is 1. The second kappa shape index (κ2) is 5.71. The average molecular weight is 394 g/mol. The number of fused-ring (bicyclic) bond motifs is 4. The minimum Gasteiger partial charge on any atom is -0.504 e. The first kappa shape index (κ1) is 17.1. The first-order valence-electron chi connectivity index (χ1n) is 8.69. The van der Waals surface area contributed by atoms with E-state index < -0.39 is 11.9 Å². The van der Waals surface area contributed by atoms with Crippen LogP contribution in [-0.4, -0.2) is 37.4 Å². The molecule has 2 heterocycles. The Morgan fingerprint density at radius 1 is 0.828 bits per heavy atom. The predicted molar refractivity (Wildman–Crippen MR) is 101 cm³/mol. The zero-order chi connectivity index (χ0) is 20.4. The number of aromatic hydroxyl groups is 5. The van der Waals surface area contributed by atoms with Gasteiger partial charge in [-0.05, 0) is 29.8 Å². The normalized spacial score (nSPS) is 15.7. The molecule has 8 nitrogen and oxygen atoms in total. The van der Waals surface area contributed by atoms with Gasteiger partial charge in [-0.3, -0.25) is 4.79 Å². The molecule has 29 heavy (non-hydrogen) atoms. The maximum atomic E-state index is 12.8. The Morgan fingerprint density at radius 3 is 2.31 bits per heavy atom. The van der Waals surface area contributed by atoms with E-state index in [0.29, 0.717) is 16.3 Å². The molecule has 1 aromatic heterocycles. The molecule has 3 aromatic carbocycles. The lowest BCUT2D eigenvalue weighted by Crippen LogP contribution is -2.23. The predicted octanol–water partition coefficient (Wildman–Crippen LogP) is 3.30. The number of hydrogen-bond acceptors (Lipinski definition) is 8. The minimum absolute atomic E-state index is 0.0157. The van der Waals surface area contributed by atoms with E-state index in [0.717, 1.165) is 0 Å². The van der Waals surface area contributed by atoms with Crippen molar-refractivity contribution in [1.29, 1.82) is 0 Å². The molecule has 1 aliphatic rings. The quantitative estimate of drug-likeness (QED) is 0.326. The highest BCUT2D eigenvalue weighted by molar-refractivity contribution is 6.15. The molecule has 4 aromatic rings. The van der Waals surface area contributed by atoms with Gasteiger partial charge < -0.3 is 34.7 Å². The molecule has 0 saturated heterocycles. The molecule has 0 bridgehead atoms. The van der Waals surface area contributed by atoms with Crippen LogP contribution in [0.4, 0.5) is 0 Å². The third-order valence-electron chi connectivity index (χ3n) is 5.07. The van der Waals surface area contributed by atoms with E-state index in [-0.39, 0.29) is 57.6 Å². The maximum Gasteiger partial charge on any atom is 0.211 e. The average Bonchev–Trinajstić information content (AvgIpc) is 3.17. The van der Waals surface area contributed by atoms with Gasteiger partial charge in [0.1, 0.15) is 16.9 Å². The highest BCUT2D eigenvalue weighted by atomic mass is 16.5. The number of phenols is 5. The molecule has 0 radical (unpaired) electrons. The monoisotopic (exact) mass is 394 g/mol. The number of benzene rings is 3. The van der Waals surface area contributed by atoms with Gasteiger partial charge in [0.15, 0.2) is 40.4 Å². The number of carbonyl (C=O) groups is 1. The summed E-state index contributed by atoms with van der Waals surface area (Å²) in [5.74, 6) is -1.94. The fourth-order valence-electron chi connectivity index (χ4n) is 3.64. The van der Waals surface area contributed by atoms with Gasteiger partial charge in [-0.1, -0.05) is 6.07 Å². The van der Waals surface area contributed by atoms with Crippen molar-refractivity contribution in [2.75, 3.05) is 0 Å². The van der Waals surface area contributed by atoms with Crippen molar-refractivity contribution < 1.29 is 39.5 Å². The first-order valence-corrected chi connectivity index (χ1v) is 8.69. The number of carbonyl (C=O) groups excluding carboxylic acids is 1. The van der Waals surface area contributed by atoms with Crippen molar-refractivity contribution in [2.45, 2.75) is 12.5 Å². The molecule has 146 valence electrons. The molecule has 8 heteroatoms. The SMILES string of the molecule is O=C1c2c(cc3c(oc4cc(O)c(O)cc43)c2O)OC1Cc1ccc(O)c(O)c1. The summed E-state index contributed by atoms with van der Waals surface area (Å²) in [6.07, 6.45) is -0.799. The zero-order valence-electron chi connectivity index (χ0n) is 14.7. The lowest BCUT2D eigenvalue weighted by atomic mass is 10.00. The summed E-state index contributed by atoms with van der Waals surface area (Å²) in [5, 5.41) is 50.0. The minimum atomic E-state index is -0.921. The topological polar surface area (TPSA) is 141 Å². The van der Waals surface area contributed by atoms with E-state index >= 15 is 0 Å². The second-order valence-electron chi connectivity index (χ2n) is 6.91. The highest BCUT2D eigenvalue weighted by Crippen LogP contribution is 2.46. The van der Waals surface area contributed by atoms with E-state index in [2.05, 4.69) is 0 Å². The zero-order valence-corrected chi connectivity index (χ0v) is 14.7. The van der Waals surface area contributed by atoms with Crippen molar-refractivity contribution in [3.63, 3.8) is 0 Å². The van der Waals surface area contributed by atoms with Gasteiger partial charge in [-0.2, -0.15) is 0 Å². The fourth-order valence-corrected chi connectivity index (χ4v) is 3.64.